The van der Waals surface area contributed by atoms with Crippen LogP contribution in [0.2, 0.25) is 0 Å². The number of quaternary nitrogens is 1. The Hall–Kier alpha value is 0.0500. The summed E-state index contributed by atoms with van der Waals surface area (Å²) in [6.45, 7) is 5.85. The summed E-state index contributed by atoms with van der Waals surface area (Å²) in [6, 6.07) is 0. The minimum atomic E-state index is -4.43. The second-order valence-corrected chi connectivity index (χ2v) is 15.3. The van der Waals surface area contributed by atoms with Crippen LogP contribution in [0.25, 0.3) is 0 Å². The van der Waals surface area contributed by atoms with E-state index in [0.29, 0.717) is 30.7 Å². The fraction of sp³-hybridized carbons (Fsp3) is 0.969. The fourth-order valence-electron chi connectivity index (χ4n) is 4.49. The summed E-state index contributed by atoms with van der Waals surface area (Å²) in [5.41, 5.74) is 0. The number of carbonyl (C=O) groups excluding carboxylic acids is 1. The molecule has 9 heteroatoms. The Bertz CT molecular complexity index is 646. The van der Waals surface area contributed by atoms with Crippen LogP contribution in [0.4, 0.5) is 0 Å². The predicted molar refractivity (Wildman–Crippen MR) is 173 cm³/mol. The Morgan fingerprint density at radius 1 is 0.683 bits per heavy atom. The molecule has 0 amide bonds. The van der Waals surface area contributed by atoms with Crippen molar-refractivity contribution in [3.63, 3.8) is 0 Å². The molecule has 246 valence electrons. The molecule has 0 aromatic rings. The van der Waals surface area contributed by atoms with E-state index in [-0.39, 0.29) is 23.6 Å². The highest BCUT2D eigenvalue weighted by molar-refractivity contribution is 8.14. The maximum absolute atomic E-state index is 12.5. The lowest BCUT2D eigenvalue weighted by atomic mass is 10.0. The average molecular weight is 624 g/mol. The molecule has 0 aliphatic carbocycles. The third-order valence-electron chi connectivity index (χ3n) is 7.16. The van der Waals surface area contributed by atoms with Gasteiger partial charge < -0.3 is 23.2 Å². The molecule has 2 atom stereocenters. The van der Waals surface area contributed by atoms with Crippen molar-refractivity contribution in [2.75, 3.05) is 54.1 Å². The maximum atomic E-state index is 12.5. The monoisotopic (exact) mass is 623 g/mol. The molecule has 0 aromatic heterocycles. The Morgan fingerprint density at radius 2 is 1.15 bits per heavy atom. The van der Waals surface area contributed by atoms with Crippen LogP contribution in [0, 0.1) is 0 Å². The topological polar surface area (TPSA) is 84.9 Å². The van der Waals surface area contributed by atoms with Gasteiger partial charge in [-0.3, -0.25) is 9.36 Å². The van der Waals surface area contributed by atoms with E-state index in [1.807, 2.05) is 21.1 Å². The molecule has 0 aromatic carbocycles. The standard InChI is InChI=1S/C32H66NO6PS/c1-6-8-10-12-13-14-15-16-17-18-19-20-22-24-27-37-29-31(41-32(34)25-23-21-11-9-7-2)30-39-40(35,36)38-28-26-33(3,4)5/h31H,6-30H2,1-5H3/t31-/m1/s1. The first-order chi connectivity index (χ1) is 19.6. The minimum Gasteiger partial charge on any atom is -0.756 e. The first-order valence-corrected chi connectivity index (χ1v) is 19.1. The number of unbranched alkanes of at least 4 members (excludes halogenated alkanes) is 17. The minimum absolute atomic E-state index is 0.0639. The lowest BCUT2D eigenvalue weighted by molar-refractivity contribution is -0.870. The summed E-state index contributed by atoms with van der Waals surface area (Å²) in [6.07, 6.45) is 24.3. The molecule has 1 unspecified atom stereocenters. The van der Waals surface area contributed by atoms with Gasteiger partial charge in [0.15, 0.2) is 5.12 Å². The van der Waals surface area contributed by atoms with Crippen LogP contribution >= 0.6 is 19.6 Å². The van der Waals surface area contributed by atoms with Crippen molar-refractivity contribution in [3.05, 3.63) is 0 Å². The molecule has 0 aliphatic rings. The second kappa shape index (κ2) is 27.6. The van der Waals surface area contributed by atoms with Gasteiger partial charge in [0.2, 0.25) is 0 Å². The Kier molecular flexibility index (Phi) is 27.6. The molecule has 7 nitrogen and oxygen atoms in total. The van der Waals surface area contributed by atoms with Crippen molar-refractivity contribution in [2.24, 2.45) is 0 Å². The number of phosphoric acid groups is 1. The van der Waals surface area contributed by atoms with Crippen molar-refractivity contribution < 1.29 is 32.5 Å². The van der Waals surface area contributed by atoms with E-state index in [2.05, 4.69) is 13.8 Å². The lowest BCUT2D eigenvalue weighted by Crippen LogP contribution is -2.37. The molecule has 41 heavy (non-hydrogen) atoms. The molecule has 0 fully saturated rings. The Morgan fingerprint density at radius 3 is 1.63 bits per heavy atom. The molecule has 0 N–H and O–H groups in total. The number of rotatable bonds is 31. The van der Waals surface area contributed by atoms with Gasteiger partial charge in [-0.05, 0) is 12.8 Å². The van der Waals surface area contributed by atoms with E-state index in [4.69, 9.17) is 13.8 Å². The van der Waals surface area contributed by atoms with E-state index in [0.717, 1.165) is 43.9 Å². The van der Waals surface area contributed by atoms with Crippen LogP contribution in [-0.4, -0.2) is 69.0 Å². The lowest BCUT2D eigenvalue weighted by Gasteiger charge is -2.28. The number of nitrogens with zero attached hydrogens (tertiary/aromatic N) is 1. The molecule has 0 saturated heterocycles. The highest BCUT2D eigenvalue weighted by Crippen LogP contribution is 2.39. The van der Waals surface area contributed by atoms with Gasteiger partial charge in [0, 0.05) is 13.0 Å². The van der Waals surface area contributed by atoms with E-state index >= 15 is 0 Å². The maximum Gasteiger partial charge on any atom is 0.268 e. The summed E-state index contributed by atoms with van der Waals surface area (Å²) >= 11 is 1.16. The fourth-order valence-corrected chi connectivity index (χ4v) is 6.26. The largest absolute Gasteiger partial charge is 0.756 e. The van der Waals surface area contributed by atoms with Crippen molar-refractivity contribution in [2.45, 2.75) is 148 Å². The van der Waals surface area contributed by atoms with Gasteiger partial charge in [0.1, 0.15) is 13.2 Å². The molecule has 0 rings (SSSR count). The quantitative estimate of drug-likeness (QED) is 0.0434. The third kappa shape index (κ3) is 31.3. The van der Waals surface area contributed by atoms with Gasteiger partial charge in [0.25, 0.3) is 7.82 Å². The number of ether oxygens (including phenoxy) is 1. The van der Waals surface area contributed by atoms with Gasteiger partial charge in [-0.15, -0.1) is 0 Å². The predicted octanol–water partition coefficient (Wildman–Crippen LogP) is 8.68. The Balaban J connectivity index is 4.18. The van der Waals surface area contributed by atoms with Gasteiger partial charge in [-0.2, -0.15) is 0 Å². The van der Waals surface area contributed by atoms with Crippen molar-refractivity contribution in [3.8, 4) is 0 Å². The number of hydrogen-bond acceptors (Lipinski definition) is 7. The zero-order chi connectivity index (χ0) is 30.7. The molecule has 0 radical (unpaired) electrons. The number of phosphoric ester groups is 1. The number of hydrogen-bond donors (Lipinski definition) is 0. The van der Waals surface area contributed by atoms with Crippen LogP contribution < -0.4 is 4.89 Å². The van der Waals surface area contributed by atoms with E-state index in [9.17, 15) is 14.3 Å². The SMILES string of the molecule is CCCCCCCCCCCCCCCCOC[C@H](COP(=O)([O-])OCC[N+](C)(C)C)SC(=O)CCCCCCC. The summed E-state index contributed by atoms with van der Waals surface area (Å²) < 4.78 is 28.9. The second-order valence-electron chi connectivity index (χ2n) is 12.5. The highest BCUT2D eigenvalue weighted by Gasteiger charge is 2.20. The van der Waals surface area contributed by atoms with E-state index < -0.39 is 7.82 Å². The first-order valence-electron chi connectivity index (χ1n) is 16.8. The first kappa shape index (κ1) is 41.0. The van der Waals surface area contributed by atoms with Crippen LogP contribution in [0.1, 0.15) is 142 Å². The summed E-state index contributed by atoms with van der Waals surface area (Å²) in [7, 11) is 1.48. The van der Waals surface area contributed by atoms with Crippen molar-refractivity contribution in [1.82, 2.24) is 0 Å². The smallest absolute Gasteiger partial charge is 0.268 e. The van der Waals surface area contributed by atoms with Crippen LogP contribution in [0.5, 0.6) is 0 Å². The average Bonchev–Trinajstić information content (AvgIpc) is 2.90. The van der Waals surface area contributed by atoms with Crippen LogP contribution in [0.3, 0.4) is 0 Å². The van der Waals surface area contributed by atoms with E-state index in [1.54, 1.807) is 0 Å². The molecule has 0 heterocycles. The number of thioether (sulfide) groups is 1. The van der Waals surface area contributed by atoms with Gasteiger partial charge in [-0.25, -0.2) is 0 Å². The zero-order valence-electron chi connectivity index (χ0n) is 27.5. The summed E-state index contributed by atoms with van der Waals surface area (Å²) in [5, 5.41) is -0.295. The molecular weight excluding hydrogens is 557 g/mol. The van der Waals surface area contributed by atoms with Gasteiger partial charge in [0.05, 0.1) is 39.6 Å². The summed E-state index contributed by atoms with van der Waals surface area (Å²) in [5.74, 6) is 0. The van der Waals surface area contributed by atoms with Crippen molar-refractivity contribution in [1.29, 1.82) is 0 Å². The van der Waals surface area contributed by atoms with Crippen LogP contribution in [-0.2, 0) is 23.1 Å². The van der Waals surface area contributed by atoms with Crippen molar-refractivity contribution >= 4 is 24.7 Å². The molecule has 0 spiro atoms. The molecule has 0 aliphatic heterocycles. The number of carbonyl (C=O) groups is 1. The van der Waals surface area contributed by atoms with Gasteiger partial charge in [-0.1, -0.05) is 135 Å². The number of likely N-dealkylation sites (N-methyl/N-ethyl adjacent to an activating group) is 1. The summed E-state index contributed by atoms with van der Waals surface area (Å²) in [4.78, 5) is 24.8. The van der Waals surface area contributed by atoms with E-state index in [1.165, 1.54) is 89.9 Å². The normalized spacial score (nSPS) is 14.3. The zero-order valence-corrected chi connectivity index (χ0v) is 29.2. The highest BCUT2D eigenvalue weighted by atomic mass is 32.2. The molecule has 0 bridgehead atoms. The third-order valence-corrected chi connectivity index (χ3v) is 9.20. The Labute approximate surface area is 258 Å². The van der Waals surface area contributed by atoms with Gasteiger partial charge >= 0.3 is 0 Å². The van der Waals surface area contributed by atoms with Crippen LogP contribution in [0.15, 0.2) is 0 Å². The molecule has 0 saturated carbocycles. The molecular formula is C32H66NO6PS.